The Balaban J connectivity index is 2.19. The molecule has 0 aliphatic heterocycles. The fourth-order valence-electron chi connectivity index (χ4n) is 2.51. The molecule has 1 aliphatic rings. The summed E-state index contributed by atoms with van der Waals surface area (Å²) in [6.07, 6.45) is 4.17. The van der Waals surface area contributed by atoms with E-state index in [-0.39, 0.29) is 11.4 Å². The summed E-state index contributed by atoms with van der Waals surface area (Å²) in [6.45, 7) is 1.86. The molecule has 0 unspecified atom stereocenters. The van der Waals surface area contributed by atoms with Crippen molar-refractivity contribution >= 4 is 29.1 Å². The Morgan fingerprint density at radius 2 is 2.06 bits per heavy atom. The van der Waals surface area contributed by atoms with Crippen LogP contribution in [0, 0.1) is 6.92 Å². The topological polar surface area (TPSA) is 29.1 Å². The number of nitrogens with one attached hydrogen (secondary N) is 1. The second kappa shape index (κ2) is 5.50. The third-order valence-electron chi connectivity index (χ3n) is 3.71. The fraction of sp³-hybridized carbons (Fsp3) is 0.500. The van der Waals surface area contributed by atoms with Gasteiger partial charge in [-0.2, -0.15) is 0 Å². The maximum Gasteiger partial charge on any atom is 0.252 e. The molecule has 1 N–H and O–H groups in total. The first-order valence-electron chi connectivity index (χ1n) is 6.22. The van der Waals surface area contributed by atoms with Crippen LogP contribution in [-0.4, -0.2) is 17.3 Å². The molecule has 18 heavy (non-hydrogen) atoms. The Bertz CT molecular complexity index is 453. The monoisotopic (exact) mass is 285 g/mol. The first-order valence-corrected chi connectivity index (χ1v) is 7.13. The van der Waals surface area contributed by atoms with Gasteiger partial charge in [0.05, 0.1) is 5.54 Å². The van der Waals surface area contributed by atoms with Crippen LogP contribution < -0.4 is 5.32 Å². The van der Waals surface area contributed by atoms with E-state index < -0.39 is 0 Å². The second-order valence-electron chi connectivity index (χ2n) is 4.99. The second-order valence-corrected chi connectivity index (χ2v) is 5.66. The van der Waals surface area contributed by atoms with Crippen molar-refractivity contribution in [1.29, 1.82) is 0 Å². The van der Waals surface area contributed by atoms with Crippen LogP contribution in [0.25, 0.3) is 0 Å². The number of amides is 1. The molecular formula is C14H17Cl2NO. The molecule has 0 bridgehead atoms. The summed E-state index contributed by atoms with van der Waals surface area (Å²) in [4.78, 5) is 12.3. The van der Waals surface area contributed by atoms with Crippen LogP contribution in [0.3, 0.4) is 0 Å². The highest BCUT2D eigenvalue weighted by Gasteiger charge is 2.34. The van der Waals surface area contributed by atoms with Gasteiger partial charge in [-0.25, -0.2) is 0 Å². The van der Waals surface area contributed by atoms with Crippen molar-refractivity contribution in [2.45, 2.75) is 38.1 Å². The summed E-state index contributed by atoms with van der Waals surface area (Å²) in [5.74, 6) is 0.399. The van der Waals surface area contributed by atoms with Crippen LogP contribution in [0.1, 0.15) is 41.6 Å². The molecule has 1 amide bonds. The lowest BCUT2D eigenvalue weighted by Gasteiger charge is -2.28. The number of alkyl halides is 1. The summed E-state index contributed by atoms with van der Waals surface area (Å²) in [5.41, 5.74) is 1.23. The Morgan fingerprint density at radius 3 is 2.67 bits per heavy atom. The zero-order valence-electron chi connectivity index (χ0n) is 10.4. The maximum absolute atomic E-state index is 12.3. The van der Waals surface area contributed by atoms with E-state index >= 15 is 0 Å². The number of hydrogen-bond acceptors (Lipinski definition) is 1. The van der Waals surface area contributed by atoms with Gasteiger partial charge < -0.3 is 5.32 Å². The van der Waals surface area contributed by atoms with E-state index in [1.807, 2.05) is 6.92 Å². The van der Waals surface area contributed by atoms with Gasteiger partial charge in [0.2, 0.25) is 0 Å². The van der Waals surface area contributed by atoms with Gasteiger partial charge in [-0.05, 0) is 37.5 Å². The molecule has 0 heterocycles. The molecule has 2 rings (SSSR count). The molecule has 0 saturated heterocycles. The van der Waals surface area contributed by atoms with Crippen molar-refractivity contribution < 1.29 is 4.79 Å². The Morgan fingerprint density at radius 1 is 1.39 bits per heavy atom. The third-order valence-corrected chi connectivity index (χ3v) is 4.63. The highest BCUT2D eigenvalue weighted by Crippen LogP contribution is 2.31. The summed E-state index contributed by atoms with van der Waals surface area (Å²) in [5, 5.41) is 3.72. The normalized spacial score (nSPS) is 17.7. The molecular weight excluding hydrogens is 269 g/mol. The van der Waals surface area contributed by atoms with Crippen LogP contribution in [0.15, 0.2) is 18.2 Å². The molecule has 0 aromatic heterocycles. The molecule has 1 aliphatic carbocycles. The standard InChI is InChI=1S/C14H17Cl2NO/c1-10-11(5-4-6-12(10)16)13(18)17-14(9-15)7-2-3-8-14/h4-6H,2-3,7-9H2,1H3,(H,17,18). The lowest BCUT2D eigenvalue weighted by molar-refractivity contribution is 0.0908. The van der Waals surface area contributed by atoms with Crippen molar-refractivity contribution in [3.63, 3.8) is 0 Å². The van der Waals surface area contributed by atoms with Gasteiger partial charge in [-0.15, -0.1) is 11.6 Å². The van der Waals surface area contributed by atoms with Crippen molar-refractivity contribution in [3.8, 4) is 0 Å². The van der Waals surface area contributed by atoms with Crippen molar-refractivity contribution in [3.05, 3.63) is 34.3 Å². The lowest BCUT2D eigenvalue weighted by Crippen LogP contribution is -2.48. The Labute approximate surface area is 118 Å². The zero-order chi connectivity index (χ0) is 13.2. The predicted molar refractivity (Wildman–Crippen MR) is 75.6 cm³/mol. The minimum atomic E-state index is -0.229. The molecule has 1 aromatic carbocycles. The maximum atomic E-state index is 12.3. The summed E-state index contributed by atoms with van der Waals surface area (Å²) in [6, 6.07) is 5.39. The summed E-state index contributed by atoms with van der Waals surface area (Å²) >= 11 is 12.1. The SMILES string of the molecule is Cc1c(Cl)cccc1C(=O)NC1(CCl)CCCC1. The first kappa shape index (κ1) is 13.7. The molecule has 0 spiro atoms. The number of carbonyl (C=O) groups excluding carboxylic acids is 1. The number of hydrogen-bond donors (Lipinski definition) is 1. The number of carbonyl (C=O) groups is 1. The Kier molecular flexibility index (Phi) is 4.18. The van der Waals surface area contributed by atoms with Crippen LogP contribution >= 0.6 is 23.2 Å². The van der Waals surface area contributed by atoms with Crippen molar-refractivity contribution in [2.75, 3.05) is 5.88 Å². The van der Waals surface area contributed by atoms with Gasteiger partial charge in [-0.1, -0.05) is 30.5 Å². The molecule has 1 saturated carbocycles. The molecule has 4 heteroatoms. The van der Waals surface area contributed by atoms with Gasteiger partial charge in [0.25, 0.3) is 5.91 Å². The predicted octanol–water partition coefficient (Wildman–Crippen LogP) is 3.93. The highest BCUT2D eigenvalue weighted by molar-refractivity contribution is 6.31. The zero-order valence-corrected chi connectivity index (χ0v) is 11.9. The minimum Gasteiger partial charge on any atom is -0.345 e. The van der Waals surface area contributed by atoms with E-state index in [1.54, 1.807) is 18.2 Å². The van der Waals surface area contributed by atoms with E-state index in [0.29, 0.717) is 16.5 Å². The van der Waals surface area contributed by atoms with Gasteiger partial charge in [0.15, 0.2) is 0 Å². The quantitative estimate of drug-likeness (QED) is 0.838. The molecule has 0 atom stereocenters. The third kappa shape index (κ3) is 2.65. The van der Waals surface area contributed by atoms with Crippen LogP contribution in [-0.2, 0) is 0 Å². The average Bonchev–Trinajstić information content (AvgIpc) is 2.81. The average molecular weight is 286 g/mol. The van der Waals surface area contributed by atoms with E-state index in [0.717, 1.165) is 31.2 Å². The van der Waals surface area contributed by atoms with E-state index in [9.17, 15) is 4.79 Å². The van der Waals surface area contributed by atoms with Gasteiger partial charge in [0.1, 0.15) is 0 Å². The molecule has 1 fully saturated rings. The van der Waals surface area contributed by atoms with E-state index in [2.05, 4.69) is 5.32 Å². The smallest absolute Gasteiger partial charge is 0.252 e. The van der Waals surface area contributed by atoms with Crippen molar-refractivity contribution in [1.82, 2.24) is 5.32 Å². The lowest BCUT2D eigenvalue weighted by atomic mass is 9.99. The summed E-state index contributed by atoms with van der Waals surface area (Å²) < 4.78 is 0. The van der Waals surface area contributed by atoms with Crippen LogP contribution in [0.2, 0.25) is 5.02 Å². The number of rotatable bonds is 3. The van der Waals surface area contributed by atoms with Gasteiger partial charge in [-0.3, -0.25) is 4.79 Å². The van der Waals surface area contributed by atoms with Crippen LogP contribution in [0.5, 0.6) is 0 Å². The van der Waals surface area contributed by atoms with Gasteiger partial charge in [0, 0.05) is 16.5 Å². The Hall–Kier alpha value is -0.730. The first-order chi connectivity index (χ1) is 8.58. The van der Waals surface area contributed by atoms with Gasteiger partial charge >= 0.3 is 0 Å². The number of benzene rings is 1. The molecule has 2 nitrogen and oxygen atoms in total. The largest absolute Gasteiger partial charge is 0.345 e. The highest BCUT2D eigenvalue weighted by atomic mass is 35.5. The van der Waals surface area contributed by atoms with E-state index in [1.165, 1.54) is 0 Å². The molecule has 1 aromatic rings. The summed E-state index contributed by atoms with van der Waals surface area (Å²) in [7, 11) is 0. The van der Waals surface area contributed by atoms with E-state index in [4.69, 9.17) is 23.2 Å². The van der Waals surface area contributed by atoms with Crippen molar-refractivity contribution in [2.24, 2.45) is 0 Å². The van der Waals surface area contributed by atoms with Crippen LogP contribution in [0.4, 0.5) is 0 Å². The molecule has 0 radical (unpaired) electrons. The molecule has 98 valence electrons. The number of halogens is 2. The fourth-order valence-corrected chi connectivity index (χ4v) is 3.01. The minimum absolute atomic E-state index is 0.0717.